The summed E-state index contributed by atoms with van der Waals surface area (Å²) in [6.45, 7) is 4.65. The van der Waals surface area contributed by atoms with E-state index < -0.39 is 40.0 Å². The average molecular weight is 722 g/mol. The van der Waals surface area contributed by atoms with Crippen molar-refractivity contribution >= 4 is 73.9 Å². The van der Waals surface area contributed by atoms with Crippen molar-refractivity contribution < 1.29 is 18.0 Å². The van der Waals surface area contributed by atoms with Crippen molar-refractivity contribution in [3.05, 3.63) is 128 Å². The molecule has 0 heterocycles. The predicted molar refractivity (Wildman–Crippen MR) is 186 cm³/mol. The highest BCUT2D eigenvalue weighted by molar-refractivity contribution is 7.92. The van der Waals surface area contributed by atoms with E-state index in [2.05, 4.69) is 5.32 Å². The molecule has 242 valence electrons. The Kier molecular flexibility index (Phi) is 11.7. The van der Waals surface area contributed by atoms with Gasteiger partial charge in [-0.15, -0.1) is 0 Å². The summed E-state index contributed by atoms with van der Waals surface area (Å²) in [5.41, 5.74) is 0.678. The minimum Gasteiger partial charge on any atom is -0.350 e. The molecule has 0 aliphatic carbocycles. The molecule has 0 unspecified atom stereocenters. The molecule has 2 amide bonds. The largest absolute Gasteiger partial charge is 0.350 e. The van der Waals surface area contributed by atoms with Crippen molar-refractivity contribution in [3.8, 4) is 0 Å². The Bertz CT molecular complexity index is 1780. The molecule has 0 aliphatic heterocycles. The molecule has 4 rings (SSSR count). The average Bonchev–Trinajstić information content (AvgIpc) is 3.00. The Morgan fingerprint density at radius 1 is 0.761 bits per heavy atom. The minimum atomic E-state index is -4.30. The van der Waals surface area contributed by atoms with E-state index in [9.17, 15) is 18.0 Å². The molecule has 0 fully saturated rings. The molecular weight excluding hydrogens is 688 g/mol. The van der Waals surface area contributed by atoms with E-state index in [4.69, 9.17) is 46.4 Å². The molecule has 0 saturated carbocycles. The van der Waals surface area contributed by atoms with Gasteiger partial charge in [0.05, 0.1) is 20.6 Å². The van der Waals surface area contributed by atoms with Gasteiger partial charge in [0.2, 0.25) is 11.8 Å². The second-order valence-electron chi connectivity index (χ2n) is 11.6. The molecule has 0 aliphatic rings. The number of carbonyl (C=O) groups is 2. The van der Waals surface area contributed by atoms with Gasteiger partial charge in [-0.25, -0.2) is 8.42 Å². The van der Waals surface area contributed by atoms with Crippen molar-refractivity contribution in [2.45, 2.75) is 50.2 Å². The number of anilines is 1. The zero-order valence-corrected chi connectivity index (χ0v) is 29.2. The number of sulfonamides is 1. The number of halogens is 4. The van der Waals surface area contributed by atoms with Gasteiger partial charge in [0, 0.05) is 34.1 Å². The van der Waals surface area contributed by atoms with Gasteiger partial charge >= 0.3 is 0 Å². The number of carbonyl (C=O) groups excluding carboxylic acids is 2. The van der Waals surface area contributed by atoms with Crippen LogP contribution < -0.4 is 9.62 Å². The van der Waals surface area contributed by atoms with Gasteiger partial charge in [-0.1, -0.05) is 101 Å². The normalized spacial score (nSPS) is 12.3. The van der Waals surface area contributed by atoms with Gasteiger partial charge in [-0.2, -0.15) is 0 Å². The first-order valence-electron chi connectivity index (χ1n) is 14.3. The molecule has 12 heteroatoms. The molecular formula is C34H33Cl4N3O4S. The lowest BCUT2D eigenvalue weighted by Crippen LogP contribution is -2.56. The summed E-state index contributed by atoms with van der Waals surface area (Å²) in [6.07, 6.45) is 0.134. The molecule has 0 saturated heterocycles. The third-order valence-corrected chi connectivity index (χ3v) is 10.2. The van der Waals surface area contributed by atoms with Crippen molar-refractivity contribution in [2.75, 3.05) is 10.8 Å². The highest BCUT2D eigenvalue weighted by Crippen LogP contribution is 2.32. The van der Waals surface area contributed by atoms with E-state index in [1.54, 1.807) is 36.4 Å². The fourth-order valence-electron chi connectivity index (χ4n) is 4.75. The Hall–Kier alpha value is -3.27. The summed E-state index contributed by atoms with van der Waals surface area (Å²) in [5.74, 6) is -1.11. The van der Waals surface area contributed by atoms with E-state index >= 15 is 0 Å². The number of rotatable bonds is 11. The lowest BCUT2D eigenvalue weighted by molar-refractivity contribution is -0.140. The number of amides is 2. The first-order valence-corrected chi connectivity index (χ1v) is 17.2. The third-order valence-electron chi connectivity index (χ3n) is 6.96. The SMILES string of the molecule is CC(C)(C)NC(=O)[C@H](Cc1ccccc1)N(Cc1c(Cl)cccc1Cl)C(=O)CN(c1ccc(Cl)c(Cl)c1)S(=O)(=O)c1ccccc1. The molecule has 0 bridgehead atoms. The molecule has 0 spiro atoms. The lowest BCUT2D eigenvalue weighted by Gasteiger charge is -2.35. The molecule has 4 aromatic carbocycles. The Balaban J connectivity index is 1.86. The number of hydrogen-bond acceptors (Lipinski definition) is 4. The van der Waals surface area contributed by atoms with Crippen LogP contribution >= 0.6 is 46.4 Å². The van der Waals surface area contributed by atoms with Crippen molar-refractivity contribution in [1.82, 2.24) is 10.2 Å². The van der Waals surface area contributed by atoms with Crippen molar-refractivity contribution in [2.24, 2.45) is 0 Å². The van der Waals surface area contributed by atoms with Gasteiger partial charge in [0.1, 0.15) is 12.6 Å². The maximum atomic E-state index is 14.6. The second kappa shape index (κ2) is 15.1. The number of nitrogens with one attached hydrogen (secondary N) is 1. The minimum absolute atomic E-state index is 0.0409. The summed E-state index contributed by atoms with van der Waals surface area (Å²) < 4.78 is 29.1. The van der Waals surface area contributed by atoms with Crippen LogP contribution in [0, 0.1) is 0 Å². The summed E-state index contributed by atoms with van der Waals surface area (Å²) in [5, 5.41) is 3.88. The lowest BCUT2D eigenvalue weighted by atomic mass is 10.0. The van der Waals surface area contributed by atoms with Crippen LogP contribution in [0.2, 0.25) is 20.1 Å². The predicted octanol–water partition coefficient (Wildman–Crippen LogP) is 8.05. The number of benzene rings is 4. The van der Waals surface area contributed by atoms with E-state index in [1.165, 1.54) is 35.2 Å². The fraction of sp³-hybridized carbons (Fsp3) is 0.235. The second-order valence-corrected chi connectivity index (χ2v) is 15.1. The molecule has 4 aromatic rings. The van der Waals surface area contributed by atoms with Crippen LogP contribution in [0.1, 0.15) is 31.9 Å². The third kappa shape index (κ3) is 8.96. The monoisotopic (exact) mass is 719 g/mol. The quantitative estimate of drug-likeness (QED) is 0.170. The maximum absolute atomic E-state index is 14.6. The highest BCUT2D eigenvalue weighted by atomic mass is 35.5. The maximum Gasteiger partial charge on any atom is 0.264 e. The number of hydrogen-bond donors (Lipinski definition) is 1. The molecule has 7 nitrogen and oxygen atoms in total. The first kappa shape index (κ1) is 35.6. The van der Waals surface area contributed by atoms with Crippen LogP contribution in [0.15, 0.2) is 102 Å². The van der Waals surface area contributed by atoms with Crippen LogP contribution in [-0.2, 0) is 32.6 Å². The van der Waals surface area contributed by atoms with Gasteiger partial charge in [-0.3, -0.25) is 13.9 Å². The highest BCUT2D eigenvalue weighted by Gasteiger charge is 2.36. The molecule has 1 atom stereocenters. The van der Waals surface area contributed by atoms with Crippen molar-refractivity contribution in [3.63, 3.8) is 0 Å². The standard InChI is InChI=1S/C34H33Cl4N3O4S/c1-34(2,3)39-33(43)31(19-23-11-6-4-7-12-23)40(21-26-27(35)15-10-16-28(26)36)32(42)22-41(24-17-18-29(37)30(38)20-24)46(44,45)25-13-8-5-9-14-25/h4-18,20,31H,19,21-22H2,1-3H3,(H,39,43)/t31-/m0/s1. The fourth-order valence-corrected chi connectivity index (χ4v) is 6.99. The Labute approximate surface area is 290 Å². The molecule has 0 aromatic heterocycles. The van der Waals surface area contributed by atoms with Gasteiger partial charge < -0.3 is 10.2 Å². The summed E-state index contributed by atoms with van der Waals surface area (Å²) in [4.78, 5) is 29.9. The molecule has 0 radical (unpaired) electrons. The molecule has 1 N–H and O–H groups in total. The summed E-state index contributed by atoms with van der Waals surface area (Å²) in [6, 6.07) is 25.1. The van der Waals surface area contributed by atoms with Crippen LogP contribution in [0.5, 0.6) is 0 Å². The van der Waals surface area contributed by atoms with E-state index in [1.807, 2.05) is 51.1 Å². The Morgan fingerprint density at radius 2 is 1.35 bits per heavy atom. The smallest absolute Gasteiger partial charge is 0.264 e. The summed E-state index contributed by atoms with van der Waals surface area (Å²) >= 11 is 25.6. The number of nitrogens with zero attached hydrogens (tertiary/aromatic N) is 2. The van der Waals surface area contributed by atoms with Gasteiger partial charge in [-0.05, 0) is 68.8 Å². The van der Waals surface area contributed by atoms with Crippen LogP contribution in [0.3, 0.4) is 0 Å². The first-order chi connectivity index (χ1) is 21.7. The van der Waals surface area contributed by atoms with E-state index in [0.717, 1.165) is 9.87 Å². The summed E-state index contributed by atoms with van der Waals surface area (Å²) in [7, 11) is -4.30. The van der Waals surface area contributed by atoms with E-state index in [-0.39, 0.29) is 33.6 Å². The molecule has 46 heavy (non-hydrogen) atoms. The zero-order chi connectivity index (χ0) is 33.6. The van der Waals surface area contributed by atoms with Gasteiger partial charge in [0.25, 0.3) is 10.0 Å². The van der Waals surface area contributed by atoms with E-state index in [0.29, 0.717) is 15.6 Å². The van der Waals surface area contributed by atoms with Crippen LogP contribution in [0.25, 0.3) is 0 Å². The van der Waals surface area contributed by atoms with Crippen molar-refractivity contribution in [1.29, 1.82) is 0 Å². The zero-order valence-electron chi connectivity index (χ0n) is 25.4. The Morgan fingerprint density at radius 3 is 1.91 bits per heavy atom. The van der Waals surface area contributed by atoms with Gasteiger partial charge in [0.15, 0.2) is 0 Å². The van der Waals surface area contributed by atoms with Crippen LogP contribution in [0.4, 0.5) is 5.69 Å². The topological polar surface area (TPSA) is 86.8 Å². The van der Waals surface area contributed by atoms with Crippen LogP contribution in [-0.4, -0.2) is 43.3 Å².